The average molecular weight is 482 g/mol. The van der Waals surface area contributed by atoms with Crippen LogP contribution in [0.15, 0.2) is 72.2 Å². The van der Waals surface area contributed by atoms with Crippen LogP contribution in [0.25, 0.3) is 22.4 Å². The van der Waals surface area contributed by atoms with Gasteiger partial charge in [0.25, 0.3) is 0 Å². The summed E-state index contributed by atoms with van der Waals surface area (Å²) in [5.74, 6) is -1.36. The molecule has 4 rings (SSSR count). The van der Waals surface area contributed by atoms with Crippen molar-refractivity contribution >= 4 is 51.8 Å². The fourth-order valence-corrected chi connectivity index (χ4v) is 4.01. The summed E-state index contributed by atoms with van der Waals surface area (Å²) in [5.41, 5.74) is 12.7. The van der Waals surface area contributed by atoms with Gasteiger partial charge in [-0.1, -0.05) is 82.0 Å². The number of amides is 2. The first-order valence-electron chi connectivity index (χ1n) is 11.8. The number of benzene rings is 3. The maximum absolute atomic E-state index is 11.8. The van der Waals surface area contributed by atoms with E-state index < -0.39 is 11.8 Å². The number of hydrogen-bond donors (Lipinski definition) is 4. The van der Waals surface area contributed by atoms with Gasteiger partial charge in [0, 0.05) is 18.1 Å². The van der Waals surface area contributed by atoms with Gasteiger partial charge in [0.2, 0.25) is 0 Å². The Morgan fingerprint density at radius 3 is 2.39 bits per heavy atom. The van der Waals surface area contributed by atoms with E-state index in [0.29, 0.717) is 0 Å². The smallest absolute Gasteiger partial charge is 0.310 e. The van der Waals surface area contributed by atoms with Gasteiger partial charge >= 0.3 is 11.8 Å². The molecule has 7 nitrogen and oxygen atoms in total. The summed E-state index contributed by atoms with van der Waals surface area (Å²) in [6.45, 7) is 10.8. The number of fused-ring (bicyclic) bond motifs is 1. The predicted molar refractivity (Wildman–Crippen MR) is 149 cm³/mol. The van der Waals surface area contributed by atoms with E-state index in [0.717, 1.165) is 38.8 Å². The fraction of sp³-hybridized carbons (Fsp3) is 0.207. The molecule has 0 bridgehead atoms. The van der Waals surface area contributed by atoms with E-state index in [1.165, 1.54) is 5.56 Å². The van der Waals surface area contributed by atoms with Gasteiger partial charge in [-0.25, -0.2) is 0 Å². The Labute approximate surface area is 211 Å². The second-order valence-corrected chi connectivity index (χ2v) is 9.56. The zero-order valence-electron chi connectivity index (χ0n) is 20.8. The quantitative estimate of drug-likeness (QED) is 0.309. The number of allylic oxidation sites excluding steroid dienone is 1. The van der Waals surface area contributed by atoms with Gasteiger partial charge in [0.05, 0.1) is 11.4 Å². The molecule has 0 fully saturated rings. The predicted octanol–water partition coefficient (Wildman–Crippen LogP) is 4.88. The molecule has 0 saturated heterocycles. The van der Waals surface area contributed by atoms with Crippen molar-refractivity contribution in [3.8, 4) is 0 Å². The van der Waals surface area contributed by atoms with Crippen molar-refractivity contribution in [1.82, 2.24) is 10.6 Å². The summed E-state index contributed by atoms with van der Waals surface area (Å²) in [6.07, 6.45) is 5.42. The number of aliphatic imine (C=N–C) groups is 1. The van der Waals surface area contributed by atoms with Crippen molar-refractivity contribution < 1.29 is 9.59 Å². The largest absolute Gasteiger partial charge is 0.344 e. The highest BCUT2D eigenvalue weighted by Crippen LogP contribution is 2.32. The van der Waals surface area contributed by atoms with Gasteiger partial charge < -0.3 is 21.5 Å². The summed E-state index contributed by atoms with van der Waals surface area (Å²) < 4.78 is 0. The van der Waals surface area contributed by atoms with Crippen molar-refractivity contribution in [3.05, 3.63) is 83.9 Å². The van der Waals surface area contributed by atoms with Crippen molar-refractivity contribution in [3.63, 3.8) is 0 Å². The molecule has 1 aliphatic heterocycles. The molecule has 0 spiro atoms. The lowest BCUT2D eigenvalue weighted by Crippen LogP contribution is -2.40. The maximum atomic E-state index is 11.8. The van der Waals surface area contributed by atoms with Crippen molar-refractivity contribution in [2.45, 2.75) is 26.2 Å². The van der Waals surface area contributed by atoms with Gasteiger partial charge in [-0.3, -0.25) is 14.6 Å². The molecule has 0 radical (unpaired) electrons. The first-order valence-corrected chi connectivity index (χ1v) is 11.8. The van der Waals surface area contributed by atoms with Gasteiger partial charge in [0.1, 0.15) is 6.67 Å². The standard InChI is InChI=1S/C29H31N5O2/c1-5-19-10-11-21(29(2,3)4)16-26(19)34-33-25-13-12-22(23-8-6-7-9-24(23)25)20-14-15-31-27(35)28(36)32-18-30-17-20/h5-14,16-17,33-34H,1,15,18H2,2-4H3,(H,31,35)(H,32,36)/b20-14+,30-17-. The highest BCUT2D eigenvalue weighted by molar-refractivity contribution is 6.35. The molecule has 3 aromatic carbocycles. The molecule has 3 aromatic rings. The van der Waals surface area contributed by atoms with E-state index in [1.807, 2.05) is 36.4 Å². The van der Waals surface area contributed by atoms with Crippen LogP contribution in [0.4, 0.5) is 11.4 Å². The summed E-state index contributed by atoms with van der Waals surface area (Å²) in [5, 5.41) is 7.14. The van der Waals surface area contributed by atoms with E-state index in [4.69, 9.17) is 0 Å². The summed E-state index contributed by atoms with van der Waals surface area (Å²) in [4.78, 5) is 27.7. The molecule has 0 atom stereocenters. The van der Waals surface area contributed by atoms with E-state index in [9.17, 15) is 9.59 Å². The number of nitrogens with zero attached hydrogens (tertiary/aromatic N) is 1. The number of hydrogen-bond acceptors (Lipinski definition) is 5. The third-order valence-electron chi connectivity index (χ3n) is 6.06. The lowest BCUT2D eigenvalue weighted by Gasteiger charge is -2.22. The molecular weight excluding hydrogens is 450 g/mol. The van der Waals surface area contributed by atoms with Crippen molar-refractivity contribution in [1.29, 1.82) is 0 Å². The van der Waals surface area contributed by atoms with Crippen molar-refractivity contribution in [2.75, 3.05) is 24.1 Å². The third kappa shape index (κ3) is 5.46. The Balaban J connectivity index is 1.66. The molecule has 0 saturated carbocycles. The lowest BCUT2D eigenvalue weighted by atomic mass is 9.86. The van der Waals surface area contributed by atoms with Crippen LogP contribution in [0.5, 0.6) is 0 Å². The maximum Gasteiger partial charge on any atom is 0.310 e. The number of nitrogens with one attached hydrogen (secondary N) is 4. The van der Waals surface area contributed by atoms with Gasteiger partial charge in [-0.2, -0.15) is 0 Å². The Kier molecular flexibility index (Phi) is 7.20. The van der Waals surface area contributed by atoms with Crippen molar-refractivity contribution in [2.24, 2.45) is 4.99 Å². The lowest BCUT2D eigenvalue weighted by molar-refractivity contribution is -0.139. The van der Waals surface area contributed by atoms with Crippen LogP contribution in [0.1, 0.15) is 37.5 Å². The minimum absolute atomic E-state index is 0.0253. The molecule has 4 N–H and O–H groups in total. The Bertz CT molecular complexity index is 1380. The number of anilines is 2. The first-order chi connectivity index (χ1) is 17.3. The molecule has 1 heterocycles. The van der Waals surface area contributed by atoms with Crippen LogP contribution < -0.4 is 21.5 Å². The van der Waals surface area contributed by atoms with Gasteiger partial charge in [0.15, 0.2) is 0 Å². The van der Waals surface area contributed by atoms with Crippen LogP contribution in [-0.2, 0) is 15.0 Å². The SMILES string of the molecule is C=Cc1ccc(C(C)(C)C)cc1NNc1ccc(C2=C/CNC(=O)C(=O)NC/N=C\2)c2ccccc12. The number of hydrazine groups is 1. The van der Waals surface area contributed by atoms with Crippen LogP contribution in [0.2, 0.25) is 0 Å². The first kappa shape index (κ1) is 24.7. The number of carbonyl (C=O) groups excluding carboxylic acids is 2. The van der Waals surface area contributed by atoms with E-state index in [1.54, 1.807) is 6.21 Å². The minimum Gasteiger partial charge on any atom is -0.344 e. The average Bonchev–Trinajstić information content (AvgIpc) is 2.87. The topological polar surface area (TPSA) is 94.6 Å². The number of carbonyl (C=O) groups is 2. The molecule has 2 amide bonds. The molecule has 0 aliphatic carbocycles. The number of rotatable bonds is 5. The summed E-state index contributed by atoms with van der Waals surface area (Å²) >= 11 is 0. The Morgan fingerprint density at radius 2 is 1.64 bits per heavy atom. The highest BCUT2D eigenvalue weighted by Gasteiger charge is 2.16. The fourth-order valence-electron chi connectivity index (χ4n) is 4.01. The molecular formula is C29H31N5O2. The Hall–Kier alpha value is -4.39. The monoisotopic (exact) mass is 481 g/mol. The molecule has 7 heteroatoms. The normalized spacial score (nSPS) is 16.8. The second kappa shape index (κ2) is 10.5. The van der Waals surface area contributed by atoms with Crippen LogP contribution in [0.3, 0.4) is 0 Å². The second-order valence-electron chi connectivity index (χ2n) is 9.56. The molecule has 36 heavy (non-hydrogen) atoms. The highest BCUT2D eigenvalue weighted by atomic mass is 16.2. The molecule has 0 aromatic heterocycles. The van der Waals surface area contributed by atoms with E-state index in [-0.39, 0.29) is 18.6 Å². The van der Waals surface area contributed by atoms with Crippen LogP contribution in [-0.4, -0.2) is 31.2 Å². The van der Waals surface area contributed by atoms with Crippen LogP contribution >= 0.6 is 0 Å². The molecule has 0 unspecified atom stereocenters. The zero-order chi connectivity index (χ0) is 25.7. The van der Waals surface area contributed by atoms with Gasteiger partial charge in [-0.05, 0) is 45.2 Å². The molecule has 1 aliphatic rings. The van der Waals surface area contributed by atoms with E-state index in [2.05, 4.69) is 84.2 Å². The van der Waals surface area contributed by atoms with E-state index >= 15 is 0 Å². The minimum atomic E-state index is -0.690. The van der Waals surface area contributed by atoms with Crippen LogP contribution in [0, 0.1) is 0 Å². The zero-order valence-corrected chi connectivity index (χ0v) is 20.8. The van der Waals surface area contributed by atoms with Gasteiger partial charge in [-0.15, -0.1) is 0 Å². The third-order valence-corrected chi connectivity index (χ3v) is 6.06. The summed E-state index contributed by atoms with van der Waals surface area (Å²) in [6, 6.07) is 18.5. The summed E-state index contributed by atoms with van der Waals surface area (Å²) in [7, 11) is 0. The Morgan fingerprint density at radius 1 is 0.917 bits per heavy atom. The molecule has 184 valence electrons.